The maximum atomic E-state index is 11.5. The predicted molar refractivity (Wildman–Crippen MR) is 58.1 cm³/mol. The van der Waals surface area contributed by atoms with Gasteiger partial charge in [-0.3, -0.25) is 4.79 Å². The van der Waals surface area contributed by atoms with Crippen molar-refractivity contribution < 1.29 is 13.2 Å². The molecule has 0 heterocycles. The van der Waals surface area contributed by atoms with Gasteiger partial charge < -0.3 is 11.1 Å². The Morgan fingerprint density at radius 2 is 2.13 bits per heavy atom. The number of carbonyl (C=O) groups excluding carboxylic acids is 1. The van der Waals surface area contributed by atoms with Gasteiger partial charge in [0.05, 0.1) is 5.75 Å². The Morgan fingerprint density at radius 3 is 2.60 bits per heavy atom. The third-order valence-electron chi connectivity index (χ3n) is 2.29. The summed E-state index contributed by atoms with van der Waals surface area (Å²) >= 11 is 0. The first-order valence-electron chi connectivity index (χ1n) is 5.18. The summed E-state index contributed by atoms with van der Waals surface area (Å²) in [5.74, 6) is -0.945. The van der Waals surface area contributed by atoms with E-state index in [1.165, 1.54) is 0 Å². The molecule has 6 heteroatoms. The quantitative estimate of drug-likeness (QED) is 0.643. The smallest absolute Gasteiger partial charge is 0.235 e. The second-order valence-electron chi connectivity index (χ2n) is 4.06. The Hall–Kier alpha value is -0.620. The summed E-state index contributed by atoms with van der Waals surface area (Å²) in [4.78, 5) is 11.2. The highest BCUT2D eigenvalue weighted by Crippen LogP contribution is 2.18. The molecule has 0 aromatic heterocycles. The van der Waals surface area contributed by atoms with Crippen LogP contribution < -0.4 is 11.1 Å². The first kappa shape index (κ1) is 12.4. The lowest BCUT2D eigenvalue weighted by Crippen LogP contribution is -2.36. The minimum Gasteiger partial charge on any atom is -0.352 e. The molecular weight excluding hydrogens is 216 g/mol. The van der Waals surface area contributed by atoms with Crippen LogP contribution in [0.1, 0.15) is 26.2 Å². The lowest BCUT2D eigenvalue weighted by atomic mass is 10.3. The van der Waals surface area contributed by atoms with E-state index in [1.54, 1.807) is 0 Å². The molecule has 0 aliphatic heterocycles. The largest absolute Gasteiger partial charge is 0.352 e. The van der Waals surface area contributed by atoms with Gasteiger partial charge in [-0.15, -0.1) is 0 Å². The second kappa shape index (κ2) is 4.94. The maximum absolute atomic E-state index is 11.5. The Kier molecular flexibility index (Phi) is 4.10. The normalized spacial score (nSPS) is 18.5. The Morgan fingerprint density at radius 1 is 1.53 bits per heavy atom. The molecule has 0 spiro atoms. The van der Waals surface area contributed by atoms with Crippen LogP contribution in [-0.2, 0) is 14.6 Å². The van der Waals surface area contributed by atoms with Gasteiger partial charge in [-0.25, -0.2) is 8.42 Å². The summed E-state index contributed by atoms with van der Waals surface area (Å²) in [5.41, 5.74) is 5.54. The highest BCUT2D eigenvalue weighted by Gasteiger charge is 2.26. The minimum absolute atomic E-state index is 0.110. The van der Waals surface area contributed by atoms with Crippen molar-refractivity contribution >= 4 is 15.7 Å². The molecule has 1 atom stereocenters. The molecule has 1 fully saturated rings. The van der Waals surface area contributed by atoms with Gasteiger partial charge in [-0.1, -0.05) is 6.92 Å². The summed E-state index contributed by atoms with van der Waals surface area (Å²) in [7, 11) is -3.35. The van der Waals surface area contributed by atoms with E-state index in [0.717, 1.165) is 12.8 Å². The van der Waals surface area contributed by atoms with Crippen LogP contribution in [0.2, 0.25) is 0 Å². The lowest BCUT2D eigenvalue weighted by molar-refractivity contribution is -0.118. The van der Waals surface area contributed by atoms with Crippen LogP contribution in [0, 0.1) is 0 Å². The van der Waals surface area contributed by atoms with Gasteiger partial charge in [0.25, 0.3) is 0 Å². The SMILES string of the molecule is CCC(N)CS(=O)(=O)CC(=O)NC1CC1. The van der Waals surface area contributed by atoms with E-state index in [1.807, 2.05) is 6.92 Å². The molecule has 15 heavy (non-hydrogen) atoms. The maximum Gasteiger partial charge on any atom is 0.235 e. The van der Waals surface area contributed by atoms with Crippen LogP contribution in [0.4, 0.5) is 0 Å². The zero-order valence-corrected chi connectivity index (χ0v) is 9.72. The molecule has 1 aliphatic rings. The Bertz CT molecular complexity index is 322. The fourth-order valence-corrected chi connectivity index (χ4v) is 2.69. The van der Waals surface area contributed by atoms with Gasteiger partial charge in [0.2, 0.25) is 5.91 Å². The van der Waals surface area contributed by atoms with E-state index in [4.69, 9.17) is 5.73 Å². The van der Waals surface area contributed by atoms with E-state index in [-0.39, 0.29) is 17.8 Å². The van der Waals surface area contributed by atoms with Crippen molar-refractivity contribution in [1.82, 2.24) is 5.32 Å². The average molecular weight is 234 g/mol. The average Bonchev–Trinajstić information content (AvgIpc) is 2.85. The highest BCUT2D eigenvalue weighted by molar-refractivity contribution is 7.92. The molecule has 1 saturated carbocycles. The van der Waals surface area contributed by atoms with Crippen LogP contribution in [0.15, 0.2) is 0 Å². The topological polar surface area (TPSA) is 89.3 Å². The van der Waals surface area contributed by atoms with E-state index in [2.05, 4.69) is 5.32 Å². The summed E-state index contributed by atoms with van der Waals surface area (Å²) in [6, 6.07) is -0.170. The van der Waals surface area contributed by atoms with Crippen LogP contribution in [-0.4, -0.2) is 37.9 Å². The number of rotatable bonds is 6. The first-order valence-corrected chi connectivity index (χ1v) is 7.00. The predicted octanol–water partition coefficient (Wildman–Crippen LogP) is -0.583. The van der Waals surface area contributed by atoms with Gasteiger partial charge >= 0.3 is 0 Å². The number of carbonyl (C=O) groups is 1. The molecule has 1 amide bonds. The summed E-state index contributed by atoms with van der Waals surface area (Å²) in [6.45, 7) is 1.82. The molecule has 5 nitrogen and oxygen atoms in total. The monoisotopic (exact) mass is 234 g/mol. The number of hydrogen-bond acceptors (Lipinski definition) is 4. The fraction of sp³-hybridized carbons (Fsp3) is 0.889. The molecule has 1 rings (SSSR count). The Labute approximate surface area is 90.3 Å². The highest BCUT2D eigenvalue weighted by atomic mass is 32.2. The number of hydrogen-bond donors (Lipinski definition) is 2. The first-order chi connectivity index (χ1) is 6.93. The molecular formula is C9H18N2O3S. The van der Waals surface area contributed by atoms with Crippen LogP contribution in [0.25, 0.3) is 0 Å². The van der Waals surface area contributed by atoms with Crippen LogP contribution in [0.3, 0.4) is 0 Å². The van der Waals surface area contributed by atoms with E-state index in [0.29, 0.717) is 6.42 Å². The summed E-state index contributed by atoms with van der Waals surface area (Å²) < 4.78 is 22.9. The van der Waals surface area contributed by atoms with Gasteiger partial charge in [-0.2, -0.15) is 0 Å². The fourth-order valence-electron chi connectivity index (χ4n) is 1.20. The molecule has 3 N–H and O–H groups in total. The summed E-state index contributed by atoms with van der Waals surface area (Å²) in [6.07, 6.45) is 2.52. The molecule has 1 aliphatic carbocycles. The molecule has 88 valence electrons. The van der Waals surface area contributed by atoms with E-state index < -0.39 is 21.5 Å². The minimum atomic E-state index is -3.35. The van der Waals surface area contributed by atoms with E-state index >= 15 is 0 Å². The zero-order chi connectivity index (χ0) is 11.5. The van der Waals surface area contributed by atoms with Gasteiger partial charge in [0.15, 0.2) is 9.84 Å². The van der Waals surface area contributed by atoms with Gasteiger partial charge in [0, 0.05) is 12.1 Å². The lowest BCUT2D eigenvalue weighted by Gasteiger charge is -2.09. The van der Waals surface area contributed by atoms with Crippen LogP contribution >= 0.6 is 0 Å². The number of nitrogens with one attached hydrogen (secondary N) is 1. The molecule has 0 radical (unpaired) electrons. The molecule has 0 aromatic rings. The van der Waals surface area contributed by atoms with Crippen molar-refractivity contribution in [1.29, 1.82) is 0 Å². The zero-order valence-electron chi connectivity index (χ0n) is 8.90. The number of amides is 1. The van der Waals surface area contributed by atoms with Crippen molar-refractivity contribution in [2.24, 2.45) is 5.73 Å². The van der Waals surface area contributed by atoms with Crippen molar-refractivity contribution in [3.05, 3.63) is 0 Å². The van der Waals surface area contributed by atoms with Gasteiger partial charge in [0.1, 0.15) is 5.75 Å². The summed E-state index contributed by atoms with van der Waals surface area (Å²) in [5, 5.41) is 2.64. The molecule has 0 saturated heterocycles. The third kappa shape index (κ3) is 5.13. The number of sulfone groups is 1. The van der Waals surface area contributed by atoms with Crippen molar-refractivity contribution in [3.63, 3.8) is 0 Å². The second-order valence-corrected chi connectivity index (χ2v) is 6.17. The van der Waals surface area contributed by atoms with Gasteiger partial charge in [-0.05, 0) is 19.3 Å². The standard InChI is InChI=1S/C9H18N2O3S/c1-2-7(10)5-15(13,14)6-9(12)11-8-3-4-8/h7-8H,2-6,10H2,1H3,(H,11,12). The van der Waals surface area contributed by atoms with Crippen molar-refractivity contribution in [3.8, 4) is 0 Å². The van der Waals surface area contributed by atoms with Crippen molar-refractivity contribution in [2.45, 2.75) is 38.3 Å². The van der Waals surface area contributed by atoms with E-state index in [9.17, 15) is 13.2 Å². The van der Waals surface area contributed by atoms with Crippen molar-refractivity contribution in [2.75, 3.05) is 11.5 Å². The Balaban J connectivity index is 2.36. The molecule has 0 bridgehead atoms. The molecule has 0 aromatic carbocycles. The molecule has 1 unspecified atom stereocenters. The number of nitrogens with two attached hydrogens (primary N) is 1. The van der Waals surface area contributed by atoms with Crippen LogP contribution in [0.5, 0.6) is 0 Å². The third-order valence-corrected chi connectivity index (χ3v) is 3.92.